The normalized spacial score (nSPS) is 31.6. The van der Waals surface area contributed by atoms with E-state index in [9.17, 15) is 10.2 Å². The van der Waals surface area contributed by atoms with E-state index in [0.717, 1.165) is 40.2 Å². The van der Waals surface area contributed by atoms with Crippen molar-refractivity contribution in [1.29, 1.82) is 0 Å². The van der Waals surface area contributed by atoms with Crippen LogP contribution in [0.5, 0.6) is 11.5 Å². The zero-order chi connectivity index (χ0) is 18.2. The molecule has 4 aliphatic rings. The molecule has 0 atom stereocenters. The summed E-state index contributed by atoms with van der Waals surface area (Å²) < 4.78 is 0. The summed E-state index contributed by atoms with van der Waals surface area (Å²) >= 11 is 0. The predicted octanol–water partition coefficient (Wildman–Crippen LogP) is 5.11. The maximum atomic E-state index is 10.8. The van der Waals surface area contributed by atoms with E-state index >= 15 is 0 Å². The summed E-state index contributed by atoms with van der Waals surface area (Å²) in [7, 11) is 0. The maximum Gasteiger partial charge on any atom is 0.143 e. The number of hydrogen-bond donors (Lipinski definition) is 3. The van der Waals surface area contributed by atoms with Gasteiger partial charge in [0.2, 0.25) is 0 Å². The number of phenolic OH excluding ortho intramolecular Hbond substituents is 2. The number of aromatic nitrogens is 2. The van der Waals surface area contributed by atoms with Gasteiger partial charge in [-0.2, -0.15) is 0 Å². The molecule has 4 bridgehead atoms. The summed E-state index contributed by atoms with van der Waals surface area (Å²) in [5.41, 5.74) is 3.66. The quantitative estimate of drug-likeness (QED) is 0.595. The number of aromatic amines is 1. The van der Waals surface area contributed by atoms with Crippen molar-refractivity contribution in [1.82, 2.24) is 9.97 Å². The average Bonchev–Trinajstić information content (AvgIpc) is 3.06. The van der Waals surface area contributed by atoms with Crippen LogP contribution in [0.2, 0.25) is 0 Å². The molecular weight excluding hydrogens is 336 g/mol. The van der Waals surface area contributed by atoms with Gasteiger partial charge in [-0.1, -0.05) is 6.07 Å². The Hall–Kier alpha value is -2.49. The maximum absolute atomic E-state index is 10.8. The number of hydrogen-bond acceptors (Lipinski definition) is 3. The second-order valence-corrected chi connectivity index (χ2v) is 9.19. The van der Waals surface area contributed by atoms with Crippen LogP contribution in [0.3, 0.4) is 0 Å². The SMILES string of the molecule is Oc1ccc(-c2nc3c(O)cccc3[nH]2)cc1C12CC3CC(CC(C3)C1)C2. The molecule has 0 spiro atoms. The number of imidazole rings is 1. The lowest BCUT2D eigenvalue weighted by Crippen LogP contribution is -2.48. The molecule has 7 rings (SSSR count). The smallest absolute Gasteiger partial charge is 0.143 e. The fraction of sp³-hybridized carbons (Fsp3) is 0.435. The van der Waals surface area contributed by atoms with E-state index < -0.39 is 0 Å². The highest BCUT2D eigenvalue weighted by atomic mass is 16.3. The largest absolute Gasteiger partial charge is 0.508 e. The lowest BCUT2D eigenvalue weighted by molar-refractivity contribution is -0.00611. The molecule has 1 aromatic heterocycles. The number of phenols is 2. The molecule has 27 heavy (non-hydrogen) atoms. The monoisotopic (exact) mass is 360 g/mol. The van der Waals surface area contributed by atoms with Gasteiger partial charge in [-0.05, 0) is 92.0 Å². The minimum Gasteiger partial charge on any atom is -0.508 e. The first kappa shape index (κ1) is 15.6. The third-order valence-electron chi connectivity index (χ3n) is 7.37. The Balaban J connectivity index is 1.47. The Labute approximate surface area is 158 Å². The number of H-pyrrole nitrogens is 1. The van der Waals surface area contributed by atoms with Crippen LogP contribution >= 0.6 is 0 Å². The molecule has 3 N–H and O–H groups in total. The van der Waals surface area contributed by atoms with Gasteiger partial charge in [-0.25, -0.2) is 4.98 Å². The summed E-state index contributed by atoms with van der Waals surface area (Å²) in [6.45, 7) is 0. The number of fused-ring (bicyclic) bond motifs is 1. The Bertz CT molecular complexity index is 1020. The summed E-state index contributed by atoms with van der Waals surface area (Å²) in [6, 6.07) is 11.3. The molecule has 4 saturated carbocycles. The van der Waals surface area contributed by atoms with Crippen molar-refractivity contribution in [2.24, 2.45) is 17.8 Å². The Kier molecular flexibility index (Phi) is 3.04. The highest BCUT2D eigenvalue weighted by Gasteiger charge is 2.52. The molecule has 4 aliphatic carbocycles. The third kappa shape index (κ3) is 2.25. The van der Waals surface area contributed by atoms with Crippen molar-refractivity contribution >= 4 is 11.0 Å². The van der Waals surface area contributed by atoms with E-state index in [-0.39, 0.29) is 11.2 Å². The summed E-state index contributed by atoms with van der Waals surface area (Å²) in [5, 5.41) is 20.8. The van der Waals surface area contributed by atoms with Crippen molar-refractivity contribution in [3.05, 3.63) is 42.0 Å². The van der Waals surface area contributed by atoms with Crippen molar-refractivity contribution in [2.75, 3.05) is 0 Å². The summed E-state index contributed by atoms with van der Waals surface area (Å²) in [5.74, 6) is 3.87. The zero-order valence-corrected chi connectivity index (χ0v) is 15.3. The standard InChI is InChI=1S/C23H24N2O2/c26-19-5-4-16(22-24-18-2-1-3-20(27)21(18)25-22)9-17(19)23-10-13-6-14(11-23)8-15(7-13)12-23/h1-5,9,13-15,26-27H,6-8,10-12H2,(H,24,25). The minimum atomic E-state index is 0.142. The van der Waals surface area contributed by atoms with Crippen molar-refractivity contribution in [2.45, 2.75) is 43.9 Å². The first-order valence-electron chi connectivity index (χ1n) is 10.1. The molecule has 0 amide bonds. The second kappa shape index (κ2) is 5.28. The van der Waals surface area contributed by atoms with Gasteiger partial charge in [0.25, 0.3) is 0 Å². The van der Waals surface area contributed by atoms with E-state index in [2.05, 4.69) is 16.0 Å². The molecular formula is C23H24N2O2. The minimum absolute atomic E-state index is 0.142. The third-order valence-corrected chi connectivity index (χ3v) is 7.37. The molecule has 4 fully saturated rings. The Morgan fingerprint density at radius 3 is 2.26 bits per heavy atom. The van der Waals surface area contributed by atoms with E-state index in [1.807, 2.05) is 24.3 Å². The molecule has 4 heteroatoms. The van der Waals surface area contributed by atoms with E-state index in [1.165, 1.54) is 38.5 Å². The van der Waals surface area contributed by atoms with Crippen LogP contribution in [-0.2, 0) is 5.41 Å². The number of nitrogens with one attached hydrogen (secondary N) is 1. The molecule has 3 aromatic rings. The average molecular weight is 360 g/mol. The topological polar surface area (TPSA) is 69.1 Å². The van der Waals surface area contributed by atoms with E-state index in [4.69, 9.17) is 0 Å². The number of aromatic hydroxyl groups is 2. The van der Waals surface area contributed by atoms with Crippen LogP contribution < -0.4 is 0 Å². The number of para-hydroxylation sites is 1. The van der Waals surface area contributed by atoms with Gasteiger partial charge < -0.3 is 15.2 Å². The molecule has 4 nitrogen and oxygen atoms in total. The number of rotatable bonds is 2. The molecule has 2 aromatic carbocycles. The summed E-state index contributed by atoms with van der Waals surface area (Å²) in [4.78, 5) is 7.93. The van der Waals surface area contributed by atoms with Gasteiger partial charge in [0.1, 0.15) is 22.8 Å². The highest BCUT2D eigenvalue weighted by Crippen LogP contribution is 2.62. The fourth-order valence-corrected chi connectivity index (χ4v) is 6.70. The highest BCUT2D eigenvalue weighted by molar-refractivity contribution is 5.84. The van der Waals surface area contributed by atoms with E-state index in [1.54, 1.807) is 6.07 Å². The first-order chi connectivity index (χ1) is 13.1. The van der Waals surface area contributed by atoms with Gasteiger partial charge in [0, 0.05) is 11.1 Å². The van der Waals surface area contributed by atoms with Gasteiger partial charge in [0.15, 0.2) is 0 Å². The molecule has 0 aliphatic heterocycles. The van der Waals surface area contributed by atoms with Gasteiger partial charge in [0.05, 0.1) is 5.52 Å². The van der Waals surface area contributed by atoms with Crippen LogP contribution in [0.1, 0.15) is 44.1 Å². The zero-order valence-electron chi connectivity index (χ0n) is 15.3. The van der Waals surface area contributed by atoms with Crippen LogP contribution in [-0.4, -0.2) is 20.2 Å². The van der Waals surface area contributed by atoms with Gasteiger partial charge in [-0.15, -0.1) is 0 Å². The molecule has 0 radical (unpaired) electrons. The van der Waals surface area contributed by atoms with Gasteiger partial charge in [-0.3, -0.25) is 0 Å². The van der Waals surface area contributed by atoms with Crippen molar-refractivity contribution in [3.63, 3.8) is 0 Å². The lowest BCUT2D eigenvalue weighted by Gasteiger charge is -2.57. The van der Waals surface area contributed by atoms with Crippen molar-refractivity contribution in [3.8, 4) is 22.9 Å². The fourth-order valence-electron chi connectivity index (χ4n) is 6.70. The summed E-state index contributed by atoms with van der Waals surface area (Å²) in [6.07, 6.45) is 7.83. The second-order valence-electron chi connectivity index (χ2n) is 9.19. The van der Waals surface area contributed by atoms with E-state index in [0.29, 0.717) is 11.3 Å². The van der Waals surface area contributed by atoms with Crippen LogP contribution in [0.25, 0.3) is 22.4 Å². The number of nitrogens with zero attached hydrogens (tertiary/aromatic N) is 1. The Morgan fingerprint density at radius 1 is 0.889 bits per heavy atom. The molecule has 1 heterocycles. The van der Waals surface area contributed by atoms with Crippen LogP contribution in [0.4, 0.5) is 0 Å². The molecule has 138 valence electrons. The Morgan fingerprint density at radius 2 is 1.59 bits per heavy atom. The lowest BCUT2D eigenvalue weighted by atomic mass is 9.48. The predicted molar refractivity (Wildman–Crippen MR) is 105 cm³/mol. The van der Waals surface area contributed by atoms with Crippen LogP contribution in [0.15, 0.2) is 36.4 Å². The first-order valence-corrected chi connectivity index (χ1v) is 10.1. The molecule has 0 unspecified atom stereocenters. The number of benzene rings is 2. The van der Waals surface area contributed by atoms with Gasteiger partial charge >= 0.3 is 0 Å². The molecule has 0 saturated heterocycles. The van der Waals surface area contributed by atoms with Crippen LogP contribution in [0, 0.1) is 17.8 Å². The van der Waals surface area contributed by atoms with Crippen molar-refractivity contribution < 1.29 is 10.2 Å².